The summed E-state index contributed by atoms with van der Waals surface area (Å²) >= 11 is 0. The third kappa shape index (κ3) is 1.23. The Morgan fingerprint density at radius 2 is 1.80 bits per heavy atom. The Balaban J connectivity index is 2.62. The van der Waals surface area contributed by atoms with Crippen molar-refractivity contribution in [2.75, 3.05) is 33.7 Å². The highest BCUT2D eigenvalue weighted by molar-refractivity contribution is 5.81. The molecule has 0 aliphatic carbocycles. The molecule has 0 saturated carbocycles. The zero-order chi connectivity index (χ0) is 7.56. The van der Waals surface area contributed by atoms with Gasteiger partial charge in [-0.05, 0) is 6.92 Å². The smallest absolute Gasteiger partial charge is 0.196 e. The summed E-state index contributed by atoms with van der Waals surface area (Å²) in [6.07, 6.45) is 0. The molecule has 10 heavy (non-hydrogen) atoms. The van der Waals surface area contributed by atoms with Crippen LogP contribution in [0.4, 0.5) is 0 Å². The van der Waals surface area contributed by atoms with E-state index < -0.39 is 0 Å². The molecule has 1 aliphatic rings. The average Bonchev–Trinajstić information content (AvgIpc) is 2.20. The van der Waals surface area contributed by atoms with Crippen LogP contribution in [0.25, 0.3) is 0 Å². The molecule has 0 aromatic heterocycles. The quantitative estimate of drug-likeness (QED) is 0.521. The van der Waals surface area contributed by atoms with Crippen LogP contribution in [0.3, 0.4) is 0 Å². The maximum absolute atomic E-state index is 4.35. The fourth-order valence-electron chi connectivity index (χ4n) is 1.17. The van der Waals surface area contributed by atoms with Gasteiger partial charge in [0.05, 0.1) is 0 Å². The van der Waals surface area contributed by atoms with Crippen molar-refractivity contribution in [1.82, 2.24) is 9.80 Å². The molecule has 0 N–H and O–H groups in total. The number of rotatable bonds is 1. The molecule has 0 aromatic carbocycles. The Bertz CT molecular complexity index is 130. The normalized spacial score (nSPS) is 18.5. The van der Waals surface area contributed by atoms with Crippen LogP contribution in [0.15, 0.2) is 4.99 Å². The molecule has 0 unspecified atom stereocenters. The minimum absolute atomic E-state index is 0.879. The molecular formula is C7H15N3. The first-order chi connectivity index (χ1) is 4.75. The highest BCUT2D eigenvalue weighted by Crippen LogP contribution is 2.02. The van der Waals surface area contributed by atoms with E-state index in [1.54, 1.807) is 0 Å². The lowest BCUT2D eigenvalue weighted by atomic mass is 10.6. The lowest BCUT2D eigenvalue weighted by Gasteiger charge is -2.14. The molecule has 0 aromatic rings. The first-order valence-corrected chi connectivity index (χ1v) is 3.72. The minimum Gasteiger partial charge on any atom is -0.344 e. The summed E-state index contributed by atoms with van der Waals surface area (Å²) in [5, 5.41) is 0. The average molecular weight is 141 g/mol. The van der Waals surface area contributed by atoms with E-state index in [-0.39, 0.29) is 0 Å². The summed E-state index contributed by atoms with van der Waals surface area (Å²) in [5.74, 6) is 1.13. The Labute approximate surface area is 62.3 Å². The lowest BCUT2D eigenvalue weighted by Crippen LogP contribution is -2.28. The standard InChI is InChI=1S/C7H15N3/c1-4-8-7-9(2)5-6-10(7)3/h4-6H2,1-3H3. The largest absolute Gasteiger partial charge is 0.344 e. The van der Waals surface area contributed by atoms with Gasteiger partial charge in [-0.1, -0.05) is 0 Å². The molecule has 1 fully saturated rings. The number of hydrogen-bond acceptors (Lipinski definition) is 1. The van der Waals surface area contributed by atoms with Crippen molar-refractivity contribution in [3.8, 4) is 0 Å². The second kappa shape index (κ2) is 2.90. The van der Waals surface area contributed by atoms with Gasteiger partial charge in [0.15, 0.2) is 5.96 Å². The fraction of sp³-hybridized carbons (Fsp3) is 0.857. The molecule has 1 saturated heterocycles. The first kappa shape index (κ1) is 7.38. The molecule has 58 valence electrons. The van der Waals surface area contributed by atoms with Gasteiger partial charge in [-0.2, -0.15) is 0 Å². The van der Waals surface area contributed by atoms with Gasteiger partial charge in [-0.25, -0.2) is 0 Å². The molecule has 3 nitrogen and oxygen atoms in total. The summed E-state index contributed by atoms with van der Waals surface area (Å²) in [5.41, 5.74) is 0. The number of guanidine groups is 1. The van der Waals surface area contributed by atoms with Crippen LogP contribution in [0.1, 0.15) is 6.92 Å². The van der Waals surface area contributed by atoms with Gasteiger partial charge >= 0.3 is 0 Å². The van der Waals surface area contributed by atoms with Crippen molar-refractivity contribution in [2.45, 2.75) is 6.92 Å². The van der Waals surface area contributed by atoms with Crippen molar-refractivity contribution in [3.05, 3.63) is 0 Å². The summed E-state index contributed by atoms with van der Waals surface area (Å²) in [7, 11) is 4.16. The van der Waals surface area contributed by atoms with Gasteiger partial charge in [-0.15, -0.1) is 0 Å². The Kier molecular flexibility index (Phi) is 2.14. The zero-order valence-electron chi connectivity index (χ0n) is 6.96. The van der Waals surface area contributed by atoms with E-state index in [9.17, 15) is 0 Å². The van der Waals surface area contributed by atoms with E-state index >= 15 is 0 Å². The SMILES string of the molecule is CCN=C1N(C)CCN1C. The topological polar surface area (TPSA) is 18.8 Å². The van der Waals surface area contributed by atoms with Gasteiger partial charge < -0.3 is 9.80 Å². The number of hydrogen-bond donors (Lipinski definition) is 0. The molecule has 0 spiro atoms. The van der Waals surface area contributed by atoms with E-state index in [0.717, 1.165) is 25.6 Å². The Morgan fingerprint density at radius 1 is 1.30 bits per heavy atom. The first-order valence-electron chi connectivity index (χ1n) is 3.72. The third-order valence-electron chi connectivity index (χ3n) is 1.75. The van der Waals surface area contributed by atoms with Crippen LogP contribution >= 0.6 is 0 Å². The fourth-order valence-corrected chi connectivity index (χ4v) is 1.17. The Morgan fingerprint density at radius 3 is 2.20 bits per heavy atom. The molecule has 1 heterocycles. The van der Waals surface area contributed by atoms with Crippen LogP contribution in [-0.4, -0.2) is 49.5 Å². The summed E-state index contributed by atoms with van der Waals surface area (Å²) < 4.78 is 0. The van der Waals surface area contributed by atoms with E-state index in [2.05, 4.69) is 35.8 Å². The zero-order valence-corrected chi connectivity index (χ0v) is 6.96. The van der Waals surface area contributed by atoms with Gasteiger partial charge in [0, 0.05) is 33.7 Å². The second-order valence-corrected chi connectivity index (χ2v) is 2.62. The van der Waals surface area contributed by atoms with Gasteiger partial charge in [0.25, 0.3) is 0 Å². The highest BCUT2D eigenvalue weighted by Gasteiger charge is 2.18. The van der Waals surface area contributed by atoms with Crippen LogP contribution in [-0.2, 0) is 0 Å². The van der Waals surface area contributed by atoms with Crippen molar-refractivity contribution in [2.24, 2.45) is 4.99 Å². The second-order valence-electron chi connectivity index (χ2n) is 2.62. The van der Waals surface area contributed by atoms with E-state index in [4.69, 9.17) is 0 Å². The molecule has 1 aliphatic heterocycles. The molecule has 0 bridgehead atoms. The van der Waals surface area contributed by atoms with Gasteiger partial charge in [0.2, 0.25) is 0 Å². The van der Waals surface area contributed by atoms with Crippen LogP contribution in [0.2, 0.25) is 0 Å². The predicted molar refractivity (Wildman–Crippen MR) is 43.2 cm³/mol. The molecule has 1 rings (SSSR count). The molecule has 0 radical (unpaired) electrons. The van der Waals surface area contributed by atoms with Crippen molar-refractivity contribution < 1.29 is 0 Å². The maximum atomic E-state index is 4.35. The van der Waals surface area contributed by atoms with E-state index in [1.807, 2.05) is 0 Å². The highest BCUT2D eigenvalue weighted by atomic mass is 15.4. The number of aliphatic imine (C=N–C) groups is 1. The van der Waals surface area contributed by atoms with Crippen LogP contribution < -0.4 is 0 Å². The summed E-state index contributed by atoms with van der Waals surface area (Å²) in [4.78, 5) is 8.72. The maximum Gasteiger partial charge on any atom is 0.196 e. The van der Waals surface area contributed by atoms with Crippen LogP contribution in [0, 0.1) is 0 Å². The third-order valence-corrected chi connectivity index (χ3v) is 1.75. The van der Waals surface area contributed by atoms with E-state index in [1.165, 1.54) is 0 Å². The monoisotopic (exact) mass is 141 g/mol. The van der Waals surface area contributed by atoms with Crippen LogP contribution in [0.5, 0.6) is 0 Å². The predicted octanol–water partition coefficient (Wildman–Crippen LogP) is 0.240. The lowest BCUT2D eigenvalue weighted by molar-refractivity contribution is 0.553. The van der Waals surface area contributed by atoms with E-state index in [0.29, 0.717) is 0 Å². The number of likely N-dealkylation sites (N-methyl/N-ethyl adjacent to an activating group) is 2. The molecule has 0 atom stereocenters. The van der Waals surface area contributed by atoms with Crippen molar-refractivity contribution in [3.63, 3.8) is 0 Å². The molecular weight excluding hydrogens is 126 g/mol. The molecule has 0 amide bonds. The Hall–Kier alpha value is -0.730. The molecule has 3 heteroatoms. The minimum atomic E-state index is 0.879. The van der Waals surface area contributed by atoms with Gasteiger partial charge in [0.1, 0.15) is 0 Å². The number of nitrogens with zero attached hydrogens (tertiary/aromatic N) is 3. The van der Waals surface area contributed by atoms with Gasteiger partial charge in [-0.3, -0.25) is 4.99 Å². The summed E-state index contributed by atoms with van der Waals surface area (Å²) in [6.45, 7) is 5.15. The van der Waals surface area contributed by atoms with Crippen molar-refractivity contribution >= 4 is 5.96 Å². The summed E-state index contributed by atoms with van der Waals surface area (Å²) in [6, 6.07) is 0. The van der Waals surface area contributed by atoms with Crippen molar-refractivity contribution in [1.29, 1.82) is 0 Å².